The highest BCUT2D eigenvalue weighted by molar-refractivity contribution is 9.11. The molecule has 5 heteroatoms. The second-order valence-corrected chi connectivity index (χ2v) is 4.71. The molecule has 0 amide bonds. The SMILES string of the molecule is FC(F)(F)c1cccc2c1[C@H]1C=C(Br)[C@@H]2O1. The number of halogens is 4. The Morgan fingerprint density at radius 1 is 1.25 bits per heavy atom. The highest BCUT2D eigenvalue weighted by Gasteiger charge is 2.45. The van der Waals surface area contributed by atoms with Crippen molar-refractivity contribution >= 4 is 15.9 Å². The lowest BCUT2D eigenvalue weighted by atomic mass is 9.92. The summed E-state index contributed by atoms with van der Waals surface area (Å²) in [5.74, 6) is 0. The largest absolute Gasteiger partial charge is 0.416 e. The second kappa shape index (κ2) is 3.11. The van der Waals surface area contributed by atoms with Crippen LogP contribution >= 0.6 is 15.9 Å². The first-order valence-corrected chi connectivity index (χ1v) is 5.50. The fraction of sp³-hybridized carbons (Fsp3) is 0.273. The molecule has 0 spiro atoms. The van der Waals surface area contributed by atoms with Gasteiger partial charge in [-0.05, 0) is 17.7 Å². The Balaban J connectivity index is 2.21. The molecule has 0 saturated carbocycles. The van der Waals surface area contributed by atoms with Gasteiger partial charge in [-0.3, -0.25) is 0 Å². The monoisotopic (exact) mass is 290 g/mol. The molecule has 0 unspecified atom stereocenters. The maximum Gasteiger partial charge on any atom is 0.416 e. The van der Waals surface area contributed by atoms with Gasteiger partial charge < -0.3 is 4.74 Å². The van der Waals surface area contributed by atoms with Crippen LogP contribution in [-0.4, -0.2) is 0 Å². The van der Waals surface area contributed by atoms with Crippen LogP contribution in [0.5, 0.6) is 0 Å². The fourth-order valence-corrected chi connectivity index (χ4v) is 2.83. The van der Waals surface area contributed by atoms with Crippen molar-refractivity contribution in [2.45, 2.75) is 18.4 Å². The molecule has 3 rings (SSSR count). The van der Waals surface area contributed by atoms with E-state index in [0.717, 1.165) is 10.5 Å². The van der Waals surface area contributed by atoms with Crippen LogP contribution in [0.3, 0.4) is 0 Å². The molecule has 0 aliphatic carbocycles. The second-order valence-electron chi connectivity index (χ2n) is 3.79. The van der Waals surface area contributed by atoms with E-state index >= 15 is 0 Å². The summed E-state index contributed by atoms with van der Waals surface area (Å²) in [6.07, 6.45) is -3.56. The smallest absolute Gasteiger partial charge is 0.356 e. The number of hydrogen-bond donors (Lipinski definition) is 0. The van der Waals surface area contributed by atoms with Gasteiger partial charge in [0.05, 0.1) is 5.56 Å². The van der Waals surface area contributed by atoms with Crippen LogP contribution in [0.2, 0.25) is 0 Å². The Labute approximate surface area is 98.0 Å². The first-order valence-electron chi connectivity index (χ1n) is 4.71. The molecule has 0 saturated heterocycles. The van der Waals surface area contributed by atoms with Crippen molar-refractivity contribution < 1.29 is 17.9 Å². The van der Waals surface area contributed by atoms with E-state index in [4.69, 9.17) is 4.74 Å². The minimum atomic E-state index is -4.32. The Hall–Kier alpha value is -0.810. The minimum absolute atomic E-state index is 0.267. The van der Waals surface area contributed by atoms with Gasteiger partial charge in [-0.15, -0.1) is 0 Å². The van der Waals surface area contributed by atoms with Crippen molar-refractivity contribution in [1.29, 1.82) is 0 Å². The Morgan fingerprint density at radius 3 is 2.69 bits per heavy atom. The number of benzene rings is 1. The summed E-state index contributed by atoms with van der Waals surface area (Å²) in [7, 11) is 0. The highest BCUT2D eigenvalue weighted by atomic mass is 79.9. The van der Waals surface area contributed by atoms with E-state index in [2.05, 4.69) is 15.9 Å². The maximum atomic E-state index is 12.8. The first-order chi connectivity index (χ1) is 7.48. The van der Waals surface area contributed by atoms with Crippen LogP contribution in [0.15, 0.2) is 28.8 Å². The van der Waals surface area contributed by atoms with Gasteiger partial charge in [0.2, 0.25) is 0 Å². The van der Waals surface area contributed by atoms with Gasteiger partial charge in [-0.2, -0.15) is 13.2 Å². The molecule has 2 heterocycles. The Morgan fingerprint density at radius 2 is 2.00 bits per heavy atom. The predicted octanol–water partition coefficient (Wildman–Crippen LogP) is 4.11. The molecule has 1 aromatic carbocycles. The molecule has 1 aromatic rings. The van der Waals surface area contributed by atoms with Gasteiger partial charge >= 0.3 is 6.18 Å². The predicted molar refractivity (Wildman–Crippen MR) is 55.0 cm³/mol. The third-order valence-corrected chi connectivity index (χ3v) is 3.54. The summed E-state index contributed by atoms with van der Waals surface area (Å²) in [4.78, 5) is 0. The Kier molecular flexibility index (Phi) is 2.01. The molecule has 84 valence electrons. The van der Waals surface area contributed by atoms with E-state index < -0.39 is 17.8 Å². The van der Waals surface area contributed by atoms with Crippen LogP contribution < -0.4 is 0 Å². The lowest BCUT2D eigenvalue weighted by Gasteiger charge is -2.16. The number of hydrogen-bond acceptors (Lipinski definition) is 1. The standard InChI is InChI=1S/C11H6BrF3O/c12-7-4-8-9-5(10(7)16-8)2-1-3-6(9)11(13,14)15/h1-4,8,10H/t8-,10-/m1/s1. The first kappa shape index (κ1) is 10.4. The number of rotatable bonds is 0. The summed E-state index contributed by atoms with van der Waals surface area (Å²) in [6, 6.07) is 4.21. The van der Waals surface area contributed by atoms with Crippen molar-refractivity contribution in [2.24, 2.45) is 0 Å². The molecule has 0 aromatic heterocycles. The summed E-state index contributed by atoms with van der Waals surface area (Å²) >= 11 is 3.30. The van der Waals surface area contributed by atoms with Crippen molar-refractivity contribution in [3.05, 3.63) is 45.4 Å². The van der Waals surface area contributed by atoms with Gasteiger partial charge in [-0.1, -0.05) is 28.1 Å². The third kappa shape index (κ3) is 1.28. The molecule has 1 nitrogen and oxygen atoms in total. The van der Waals surface area contributed by atoms with E-state index in [1.165, 1.54) is 6.07 Å². The zero-order valence-electron chi connectivity index (χ0n) is 7.88. The molecule has 2 aliphatic heterocycles. The molecule has 2 bridgehead atoms. The molecule has 0 fully saturated rings. The van der Waals surface area contributed by atoms with Crippen LogP contribution in [0.1, 0.15) is 28.9 Å². The van der Waals surface area contributed by atoms with E-state index in [0.29, 0.717) is 5.56 Å². The summed E-state index contributed by atoms with van der Waals surface area (Å²) in [5.41, 5.74) is 0.297. The average molecular weight is 291 g/mol. The molecule has 2 atom stereocenters. The quantitative estimate of drug-likeness (QED) is 0.699. The van der Waals surface area contributed by atoms with Gasteiger partial charge in [0.1, 0.15) is 12.2 Å². The summed E-state index contributed by atoms with van der Waals surface area (Å²) in [6.45, 7) is 0. The summed E-state index contributed by atoms with van der Waals surface area (Å²) in [5, 5.41) is 0. The number of ether oxygens (including phenoxy) is 1. The third-order valence-electron chi connectivity index (χ3n) is 2.86. The normalized spacial score (nSPS) is 26.9. The minimum Gasteiger partial charge on any atom is -0.356 e. The Bertz CT molecular complexity index is 492. The van der Waals surface area contributed by atoms with Gasteiger partial charge in [0, 0.05) is 10.0 Å². The molecule has 0 radical (unpaired) electrons. The van der Waals surface area contributed by atoms with E-state index in [1.54, 1.807) is 12.1 Å². The van der Waals surface area contributed by atoms with Crippen molar-refractivity contribution in [3.63, 3.8) is 0 Å². The van der Waals surface area contributed by atoms with Gasteiger partial charge in [0.25, 0.3) is 0 Å². The molecular formula is C11H6BrF3O. The average Bonchev–Trinajstić information content (AvgIpc) is 2.73. The number of fused-ring (bicyclic) bond motifs is 5. The highest BCUT2D eigenvalue weighted by Crippen LogP contribution is 2.54. The molecule has 0 N–H and O–H groups in total. The topological polar surface area (TPSA) is 9.23 Å². The number of alkyl halides is 3. The van der Waals surface area contributed by atoms with Crippen LogP contribution in [-0.2, 0) is 10.9 Å². The van der Waals surface area contributed by atoms with Gasteiger partial charge in [0.15, 0.2) is 0 Å². The zero-order valence-corrected chi connectivity index (χ0v) is 9.47. The summed E-state index contributed by atoms with van der Waals surface area (Å²) < 4.78 is 44.6. The van der Waals surface area contributed by atoms with Gasteiger partial charge in [-0.25, -0.2) is 0 Å². The molecule has 2 aliphatic rings. The van der Waals surface area contributed by atoms with Crippen molar-refractivity contribution in [3.8, 4) is 0 Å². The van der Waals surface area contributed by atoms with Crippen LogP contribution in [0, 0.1) is 0 Å². The molecular weight excluding hydrogens is 285 g/mol. The molecule has 16 heavy (non-hydrogen) atoms. The maximum absolute atomic E-state index is 12.8. The van der Waals surface area contributed by atoms with Crippen LogP contribution in [0.25, 0.3) is 0 Å². The zero-order chi connectivity index (χ0) is 11.5. The van der Waals surface area contributed by atoms with E-state index in [9.17, 15) is 13.2 Å². The van der Waals surface area contributed by atoms with Crippen molar-refractivity contribution in [2.75, 3.05) is 0 Å². The van der Waals surface area contributed by atoms with E-state index in [1.807, 2.05) is 0 Å². The lowest BCUT2D eigenvalue weighted by molar-refractivity contribution is -0.138. The fourth-order valence-electron chi connectivity index (χ4n) is 2.23. The van der Waals surface area contributed by atoms with E-state index in [-0.39, 0.29) is 11.7 Å². The van der Waals surface area contributed by atoms with Crippen LogP contribution in [0.4, 0.5) is 13.2 Å². The lowest BCUT2D eigenvalue weighted by Crippen LogP contribution is -2.11. The van der Waals surface area contributed by atoms with Crippen molar-refractivity contribution in [1.82, 2.24) is 0 Å².